The third kappa shape index (κ3) is 8.84. The fraction of sp³-hybridized carbons (Fsp3) is 0.562. The van der Waals surface area contributed by atoms with Crippen molar-refractivity contribution in [3.05, 3.63) is 65.5 Å². The Morgan fingerprint density at radius 2 is 1.83 bits per heavy atom. The molecule has 1 aromatic heterocycles. The highest BCUT2D eigenvalue weighted by molar-refractivity contribution is 5.92. The van der Waals surface area contributed by atoms with E-state index in [0.717, 1.165) is 30.5 Å². The summed E-state index contributed by atoms with van der Waals surface area (Å²) in [6.07, 6.45) is 6.00. The zero-order valence-corrected chi connectivity index (χ0v) is 24.8. The molecule has 1 aromatic carbocycles. The van der Waals surface area contributed by atoms with Gasteiger partial charge < -0.3 is 20.7 Å². The average molecular weight is 564 g/mol. The van der Waals surface area contributed by atoms with E-state index in [2.05, 4.69) is 38.4 Å². The van der Waals surface area contributed by atoms with Gasteiger partial charge in [0.25, 0.3) is 0 Å². The van der Waals surface area contributed by atoms with Crippen LogP contribution in [-0.2, 0) is 32.0 Å². The van der Waals surface area contributed by atoms with Crippen LogP contribution in [0.25, 0.3) is 0 Å². The van der Waals surface area contributed by atoms with Gasteiger partial charge in [-0.15, -0.1) is 0 Å². The minimum Gasteiger partial charge on any atom is -0.377 e. The van der Waals surface area contributed by atoms with Gasteiger partial charge in [0, 0.05) is 18.4 Å². The van der Waals surface area contributed by atoms with Crippen LogP contribution in [-0.4, -0.2) is 60.1 Å². The van der Waals surface area contributed by atoms with Gasteiger partial charge in [-0.1, -0.05) is 51.1 Å². The van der Waals surface area contributed by atoms with Gasteiger partial charge in [0.05, 0.1) is 37.3 Å². The number of pyridine rings is 1. The molecule has 2 heterocycles. The second-order valence-corrected chi connectivity index (χ2v) is 12.7. The molecule has 0 bridgehead atoms. The van der Waals surface area contributed by atoms with Crippen LogP contribution in [0.4, 0.5) is 0 Å². The highest BCUT2D eigenvalue weighted by Gasteiger charge is 2.42. The van der Waals surface area contributed by atoms with E-state index in [9.17, 15) is 14.4 Å². The predicted octanol–water partition coefficient (Wildman–Crippen LogP) is 2.99. The van der Waals surface area contributed by atoms with Gasteiger partial charge in [0.15, 0.2) is 0 Å². The Bertz CT molecular complexity index is 1190. The molecular weight excluding hydrogens is 518 g/mol. The topological polar surface area (TPSA) is 121 Å². The first kappa shape index (κ1) is 30.7. The normalized spacial score (nSPS) is 19.2. The Morgan fingerprint density at radius 1 is 1.07 bits per heavy atom. The minimum atomic E-state index is -0.826. The lowest BCUT2D eigenvalue weighted by molar-refractivity contribution is -0.135. The van der Waals surface area contributed by atoms with Gasteiger partial charge in [0.2, 0.25) is 17.7 Å². The largest absolute Gasteiger partial charge is 0.377 e. The van der Waals surface area contributed by atoms with E-state index in [0.29, 0.717) is 32.6 Å². The number of benzene rings is 1. The monoisotopic (exact) mass is 563 g/mol. The number of carbonyl (C=O) groups excluding carboxylic acids is 3. The summed E-state index contributed by atoms with van der Waals surface area (Å²) in [5, 5.41) is 12.4. The maximum atomic E-state index is 13.6. The average Bonchev–Trinajstić information content (AvgIpc) is 2.93. The molecule has 2 aromatic rings. The van der Waals surface area contributed by atoms with E-state index in [1.807, 2.05) is 51.1 Å². The molecule has 2 aliphatic rings. The van der Waals surface area contributed by atoms with Crippen molar-refractivity contribution >= 4 is 17.7 Å². The van der Waals surface area contributed by atoms with Gasteiger partial charge >= 0.3 is 0 Å². The third-order valence-electron chi connectivity index (χ3n) is 7.78. The summed E-state index contributed by atoms with van der Waals surface area (Å²) < 4.78 is 5.56. The molecule has 4 rings (SSSR count). The summed E-state index contributed by atoms with van der Waals surface area (Å²) in [6.45, 7) is 9.17. The highest BCUT2D eigenvalue weighted by atomic mass is 16.5. The maximum absolute atomic E-state index is 13.6. The number of nitrogens with zero attached hydrogens (tertiary/aromatic N) is 1. The van der Waals surface area contributed by atoms with E-state index in [4.69, 9.17) is 4.74 Å². The van der Waals surface area contributed by atoms with Crippen molar-refractivity contribution in [1.82, 2.24) is 26.3 Å². The first-order valence-electron chi connectivity index (χ1n) is 14.7. The molecule has 1 aliphatic heterocycles. The SMILES string of the molecule is CC(NC(=O)C(CC(=O)NCC(C)(C)C)NC1(CCc2ccccn2)COC1)C(=O)N[C@@H]1CCCc2ccccc21. The van der Waals surface area contributed by atoms with Crippen LogP contribution in [0.15, 0.2) is 48.7 Å². The first-order chi connectivity index (χ1) is 19.5. The number of nitrogens with one attached hydrogen (secondary N) is 4. The van der Waals surface area contributed by atoms with Crippen molar-refractivity contribution in [2.75, 3.05) is 19.8 Å². The fourth-order valence-corrected chi connectivity index (χ4v) is 5.34. The number of aryl methyl sites for hydroxylation is 2. The predicted molar refractivity (Wildman–Crippen MR) is 158 cm³/mol. The minimum absolute atomic E-state index is 0.0441. The van der Waals surface area contributed by atoms with E-state index < -0.39 is 17.6 Å². The highest BCUT2D eigenvalue weighted by Crippen LogP contribution is 2.29. The molecule has 0 saturated carbocycles. The lowest BCUT2D eigenvalue weighted by Crippen LogP contribution is -2.66. The molecule has 41 heavy (non-hydrogen) atoms. The van der Waals surface area contributed by atoms with Crippen molar-refractivity contribution in [3.8, 4) is 0 Å². The number of hydrogen-bond donors (Lipinski definition) is 4. The van der Waals surface area contributed by atoms with Crippen LogP contribution < -0.4 is 21.3 Å². The Labute approximate surface area is 243 Å². The second kappa shape index (κ2) is 13.6. The standard InChI is InChI=1S/C32H45N5O4/c1-22(29(39)36-26-14-9-11-23-10-5-6-13-25(23)26)35-30(40)27(18-28(38)34-19-31(2,3)4)37-32(20-41-21-32)16-15-24-12-7-8-17-33-24/h5-8,10,12-13,17,22,26-27,37H,9,11,14-16,18-21H2,1-4H3,(H,34,38)(H,35,40)(H,36,39)/t22?,26-,27?/m1/s1. The van der Waals surface area contributed by atoms with Crippen LogP contribution in [0, 0.1) is 5.41 Å². The summed E-state index contributed by atoms with van der Waals surface area (Å²) in [5.74, 6) is -0.844. The fourth-order valence-electron chi connectivity index (χ4n) is 5.34. The summed E-state index contributed by atoms with van der Waals surface area (Å²) in [6, 6.07) is 12.3. The maximum Gasteiger partial charge on any atom is 0.242 e. The molecule has 1 fully saturated rings. The first-order valence-corrected chi connectivity index (χ1v) is 14.7. The number of carbonyl (C=O) groups is 3. The molecule has 9 heteroatoms. The van der Waals surface area contributed by atoms with Crippen molar-refractivity contribution in [2.24, 2.45) is 5.41 Å². The lowest BCUT2D eigenvalue weighted by Gasteiger charge is -2.44. The van der Waals surface area contributed by atoms with Crippen LogP contribution in [0.3, 0.4) is 0 Å². The summed E-state index contributed by atoms with van der Waals surface area (Å²) >= 11 is 0. The zero-order valence-electron chi connectivity index (χ0n) is 24.8. The lowest BCUT2D eigenvalue weighted by atomic mass is 9.87. The third-order valence-corrected chi connectivity index (χ3v) is 7.78. The van der Waals surface area contributed by atoms with E-state index in [-0.39, 0.29) is 35.6 Å². The summed E-state index contributed by atoms with van der Waals surface area (Å²) in [5.41, 5.74) is 2.81. The van der Waals surface area contributed by atoms with E-state index in [1.54, 1.807) is 13.1 Å². The number of aromatic nitrogens is 1. The van der Waals surface area contributed by atoms with Crippen molar-refractivity contribution < 1.29 is 19.1 Å². The van der Waals surface area contributed by atoms with Gasteiger partial charge in [-0.25, -0.2) is 0 Å². The molecule has 0 radical (unpaired) electrons. The van der Waals surface area contributed by atoms with Crippen molar-refractivity contribution in [2.45, 2.75) is 89.9 Å². The molecule has 222 valence electrons. The molecule has 1 saturated heterocycles. The summed E-state index contributed by atoms with van der Waals surface area (Å²) in [4.78, 5) is 44.1. The van der Waals surface area contributed by atoms with Gasteiger partial charge in [0.1, 0.15) is 6.04 Å². The molecule has 4 N–H and O–H groups in total. The molecule has 1 aliphatic carbocycles. The molecular formula is C32H45N5O4. The number of hydrogen-bond acceptors (Lipinski definition) is 6. The number of ether oxygens (including phenoxy) is 1. The molecule has 3 atom stereocenters. The number of amides is 3. The van der Waals surface area contributed by atoms with Crippen LogP contribution in [0.5, 0.6) is 0 Å². The van der Waals surface area contributed by atoms with E-state index >= 15 is 0 Å². The quantitative estimate of drug-likeness (QED) is 0.315. The van der Waals surface area contributed by atoms with Crippen molar-refractivity contribution in [3.63, 3.8) is 0 Å². The number of fused-ring (bicyclic) bond motifs is 1. The molecule has 3 amide bonds. The smallest absolute Gasteiger partial charge is 0.242 e. The van der Waals surface area contributed by atoms with Gasteiger partial charge in [-0.3, -0.25) is 24.7 Å². The Morgan fingerprint density at radius 3 is 2.51 bits per heavy atom. The van der Waals surface area contributed by atoms with Crippen LogP contribution in [0.2, 0.25) is 0 Å². The van der Waals surface area contributed by atoms with Gasteiger partial charge in [-0.05, 0) is 67.7 Å². The summed E-state index contributed by atoms with van der Waals surface area (Å²) in [7, 11) is 0. The van der Waals surface area contributed by atoms with Crippen LogP contribution in [0.1, 0.15) is 76.2 Å². The van der Waals surface area contributed by atoms with Crippen LogP contribution >= 0.6 is 0 Å². The molecule has 2 unspecified atom stereocenters. The molecule has 9 nitrogen and oxygen atoms in total. The number of rotatable bonds is 12. The van der Waals surface area contributed by atoms with Gasteiger partial charge in [-0.2, -0.15) is 0 Å². The zero-order chi connectivity index (χ0) is 29.5. The Kier molecular flexibility index (Phi) is 10.1. The Balaban J connectivity index is 1.41. The molecule has 0 spiro atoms. The Hall–Kier alpha value is -3.30. The second-order valence-electron chi connectivity index (χ2n) is 12.7. The van der Waals surface area contributed by atoms with E-state index in [1.165, 1.54) is 5.56 Å². The van der Waals surface area contributed by atoms with Crippen molar-refractivity contribution in [1.29, 1.82) is 0 Å².